The van der Waals surface area contributed by atoms with Crippen molar-refractivity contribution in [1.82, 2.24) is 10.2 Å². The summed E-state index contributed by atoms with van der Waals surface area (Å²) in [6.45, 7) is 0.402. The van der Waals surface area contributed by atoms with Gasteiger partial charge in [0.15, 0.2) is 0 Å². The molecular formula is C14H18N2O2S. The van der Waals surface area contributed by atoms with Crippen LogP contribution in [0.25, 0.3) is 0 Å². The zero-order valence-electron chi connectivity index (χ0n) is 10.7. The van der Waals surface area contributed by atoms with Gasteiger partial charge in [-0.3, -0.25) is 14.3 Å². The van der Waals surface area contributed by atoms with Gasteiger partial charge in [0.05, 0.1) is 6.54 Å². The van der Waals surface area contributed by atoms with E-state index in [1.54, 1.807) is 0 Å². The summed E-state index contributed by atoms with van der Waals surface area (Å²) in [7, 11) is -0.686. The molecule has 2 aliphatic heterocycles. The molecule has 2 saturated heterocycles. The number of amides is 1. The topological polar surface area (TPSA) is 49.4 Å². The molecule has 1 atom stereocenters. The smallest absolute Gasteiger partial charge is 0.238 e. The number of carbonyl (C=O) groups excluding carboxylic acids is 1. The highest BCUT2D eigenvalue weighted by molar-refractivity contribution is 7.85. The lowest BCUT2D eigenvalue weighted by Gasteiger charge is -2.35. The first-order chi connectivity index (χ1) is 9.25. The van der Waals surface area contributed by atoms with E-state index in [0.29, 0.717) is 6.54 Å². The summed E-state index contributed by atoms with van der Waals surface area (Å²) in [6, 6.07) is 10.3. The van der Waals surface area contributed by atoms with Crippen molar-refractivity contribution >= 4 is 16.7 Å². The van der Waals surface area contributed by atoms with Crippen molar-refractivity contribution in [2.75, 3.05) is 18.1 Å². The second-order valence-corrected chi connectivity index (χ2v) is 6.77. The van der Waals surface area contributed by atoms with Gasteiger partial charge in [-0.05, 0) is 18.4 Å². The fraction of sp³-hybridized carbons (Fsp3) is 0.500. The van der Waals surface area contributed by atoms with Crippen molar-refractivity contribution in [2.24, 2.45) is 0 Å². The number of hydrogen-bond donors (Lipinski definition) is 1. The van der Waals surface area contributed by atoms with E-state index < -0.39 is 10.8 Å². The summed E-state index contributed by atoms with van der Waals surface area (Å²) in [5, 5.41) is 3.28. The molecule has 0 radical (unpaired) electrons. The van der Waals surface area contributed by atoms with Gasteiger partial charge in [-0.1, -0.05) is 30.3 Å². The number of benzene rings is 1. The van der Waals surface area contributed by atoms with E-state index in [9.17, 15) is 9.00 Å². The quantitative estimate of drug-likeness (QED) is 0.879. The highest BCUT2D eigenvalue weighted by Crippen LogP contribution is 2.28. The third-order valence-electron chi connectivity index (χ3n) is 3.88. The minimum atomic E-state index is -0.686. The number of rotatable bonds is 2. The Kier molecular flexibility index (Phi) is 3.66. The second-order valence-electron chi connectivity index (χ2n) is 5.07. The number of hydrogen-bond acceptors (Lipinski definition) is 3. The van der Waals surface area contributed by atoms with Gasteiger partial charge in [0.25, 0.3) is 0 Å². The third-order valence-corrected chi connectivity index (χ3v) is 5.26. The van der Waals surface area contributed by atoms with E-state index in [1.165, 1.54) is 0 Å². The number of nitrogens with zero attached hydrogens (tertiary/aromatic N) is 1. The summed E-state index contributed by atoms with van der Waals surface area (Å²) in [5.41, 5.74) is 1.13. The van der Waals surface area contributed by atoms with Crippen molar-refractivity contribution in [3.63, 3.8) is 0 Å². The number of nitrogens with one attached hydrogen (secondary N) is 1. The molecular weight excluding hydrogens is 260 g/mol. The minimum Gasteiger partial charge on any atom is -0.319 e. The van der Waals surface area contributed by atoms with Crippen LogP contribution in [-0.2, 0) is 15.6 Å². The highest BCUT2D eigenvalue weighted by atomic mass is 32.2. The minimum absolute atomic E-state index is 0.0229. The average Bonchev–Trinajstić information content (AvgIpc) is 2.83. The van der Waals surface area contributed by atoms with Gasteiger partial charge < -0.3 is 4.90 Å². The Morgan fingerprint density at radius 3 is 2.53 bits per heavy atom. The molecule has 0 spiro atoms. The van der Waals surface area contributed by atoms with Gasteiger partial charge in [0.2, 0.25) is 5.91 Å². The van der Waals surface area contributed by atoms with Gasteiger partial charge in [-0.15, -0.1) is 0 Å². The van der Waals surface area contributed by atoms with Gasteiger partial charge in [0.1, 0.15) is 6.17 Å². The molecule has 2 aliphatic rings. The maximum atomic E-state index is 12.1. The summed E-state index contributed by atoms with van der Waals surface area (Å²) >= 11 is 0. The SMILES string of the molecule is O=C1CNC(c2ccccc2)N1C1CCS(=O)CC1. The van der Waals surface area contributed by atoms with E-state index >= 15 is 0 Å². The molecule has 1 amide bonds. The van der Waals surface area contributed by atoms with E-state index in [1.807, 2.05) is 35.2 Å². The van der Waals surface area contributed by atoms with Crippen LogP contribution in [0.3, 0.4) is 0 Å². The molecule has 1 N–H and O–H groups in total. The largest absolute Gasteiger partial charge is 0.319 e. The molecule has 19 heavy (non-hydrogen) atoms. The molecule has 1 unspecified atom stereocenters. The van der Waals surface area contributed by atoms with E-state index in [-0.39, 0.29) is 18.1 Å². The lowest BCUT2D eigenvalue weighted by atomic mass is 10.1. The summed E-state index contributed by atoms with van der Waals surface area (Å²) in [6.07, 6.45) is 1.68. The van der Waals surface area contributed by atoms with Crippen molar-refractivity contribution in [3.05, 3.63) is 35.9 Å². The maximum Gasteiger partial charge on any atom is 0.238 e. The van der Waals surface area contributed by atoms with Crippen LogP contribution < -0.4 is 5.32 Å². The van der Waals surface area contributed by atoms with Gasteiger partial charge >= 0.3 is 0 Å². The molecule has 4 nitrogen and oxygen atoms in total. The van der Waals surface area contributed by atoms with Gasteiger partial charge in [-0.25, -0.2) is 0 Å². The lowest BCUT2D eigenvalue weighted by molar-refractivity contribution is -0.130. The summed E-state index contributed by atoms with van der Waals surface area (Å²) < 4.78 is 11.4. The fourth-order valence-corrected chi connectivity index (χ4v) is 4.18. The molecule has 3 rings (SSSR count). The zero-order chi connectivity index (χ0) is 13.2. The van der Waals surface area contributed by atoms with E-state index in [4.69, 9.17) is 0 Å². The standard InChI is InChI=1S/C14H18N2O2S/c17-13-10-15-14(11-4-2-1-3-5-11)16(13)12-6-8-19(18)9-7-12/h1-5,12,14-15H,6-10H2. The molecule has 0 saturated carbocycles. The summed E-state index contributed by atoms with van der Waals surface area (Å²) in [4.78, 5) is 14.1. The number of carbonyl (C=O) groups is 1. The zero-order valence-corrected chi connectivity index (χ0v) is 11.6. The Morgan fingerprint density at radius 1 is 1.16 bits per heavy atom. The summed E-state index contributed by atoms with van der Waals surface area (Å²) in [5.74, 6) is 1.60. The Balaban J connectivity index is 1.81. The molecule has 1 aromatic rings. The third kappa shape index (κ3) is 2.58. The fourth-order valence-electron chi connectivity index (χ4n) is 2.91. The molecule has 102 valence electrons. The van der Waals surface area contributed by atoms with Crippen LogP contribution in [0.5, 0.6) is 0 Å². The molecule has 0 bridgehead atoms. The van der Waals surface area contributed by atoms with Crippen molar-refractivity contribution in [1.29, 1.82) is 0 Å². The first-order valence-electron chi connectivity index (χ1n) is 6.70. The Bertz CT molecular complexity index is 481. The van der Waals surface area contributed by atoms with Crippen LogP contribution in [0, 0.1) is 0 Å². The highest BCUT2D eigenvalue weighted by Gasteiger charge is 2.37. The van der Waals surface area contributed by atoms with Gasteiger partial charge in [0, 0.05) is 28.3 Å². The molecule has 0 aromatic heterocycles. The van der Waals surface area contributed by atoms with Crippen LogP contribution in [0.1, 0.15) is 24.6 Å². The van der Waals surface area contributed by atoms with Crippen LogP contribution in [0.2, 0.25) is 0 Å². The molecule has 2 fully saturated rings. The van der Waals surface area contributed by atoms with Crippen molar-refractivity contribution in [3.8, 4) is 0 Å². The van der Waals surface area contributed by atoms with E-state index in [2.05, 4.69) is 5.32 Å². The van der Waals surface area contributed by atoms with Crippen LogP contribution >= 0.6 is 0 Å². The predicted molar refractivity (Wildman–Crippen MR) is 74.9 cm³/mol. The molecule has 1 aromatic carbocycles. The van der Waals surface area contributed by atoms with Crippen molar-refractivity contribution < 1.29 is 9.00 Å². The first kappa shape index (κ1) is 12.8. The van der Waals surface area contributed by atoms with E-state index in [0.717, 1.165) is 29.9 Å². The molecule has 2 heterocycles. The average molecular weight is 278 g/mol. The lowest BCUT2D eigenvalue weighted by Crippen LogP contribution is -2.43. The monoisotopic (exact) mass is 278 g/mol. The Labute approximate surface area is 115 Å². The first-order valence-corrected chi connectivity index (χ1v) is 8.19. The Morgan fingerprint density at radius 2 is 1.84 bits per heavy atom. The van der Waals surface area contributed by atoms with Gasteiger partial charge in [-0.2, -0.15) is 0 Å². The predicted octanol–water partition coefficient (Wildman–Crippen LogP) is 1.03. The Hall–Kier alpha value is -1.20. The van der Waals surface area contributed by atoms with Crippen LogP contribution in [-0.4, -0.2) is 39.1 Å². The normalized spacial score (nSPS) is 31.7. The van der Waals surface area contributed by atoms with Crippen LogP contribution in [0.4, 0.5) is 0 Å². The van der Waals surface area contributed by atoms with Crippen LogP contribution in [0.15, 0.2) is 30.3 Å². The molecule has 0 aliphatic carbocycles. The second kappa shape index (κ2) is 5.43. The van der Waals surface area contributed by atoms with Crippen molar-refractivity contribution in [2.45, 2.75) is 25.0 Å². The molecule has 5 heteroatoms. The maximum absolute atomic E-state index is 12.1.